The monoisotopic (exact) mass is 370 g/mol. The molecule has 1 aliphatic rings. The predicted molar refractivity (Wildman–Crippen MR) is 100 cm³/mol. The van der Waals surface area contributed by atoms with Crippen molar-refractivity contribution in [1.29, 1.82) is 0 Å². The lowest BCUT2D eigenvalue weighted by Crippen LogP contribution is -2.34. The Labute approximate surface area is 155 Å². The van der Waals surface area contributed by atoms with Gasteiger partial charge in [-0.05, 0) is 54.9 Å². The fraction of sp³-hybridized carbons (Fsp3) is 0.211. The molecule has 1 saturated heterocycles. The standard InChI is InChI=1S/C19H18N2O4S/c1-11-6-7-15(12(2)8-11)20-16-17(22)21(19(25)26-16)10-13-4-3-5-14(9-13)18(23)24/h3-9,16,20H,10H2,1-2H3,(H,23,24)/t16-/m1/s1. The van der Waals surface area contributed by atoms with Gasteiger partial charge in [0.15, 0.2) is 5.37 Å². The molecule has 0 radical (unpaired) electrons. The summed E-state index contributed by atoms with van der Waals surface area (Å²) >= 11 is 0.929. The van der Waals surface area contributed by atoms with E-state index in [2.05, 4.69) is 5.32 Å². The first-order valence-corrected chi connectivity index (χ1v) is 8.91. The zero-order valence-electron chi connectivity index (χ0n) is 14.4. The number of aromatic carboxylic acids is 1. The van der Waals surface area contributed by atoms with Crippen LogP contribution in [0.25, 0.3) is 0 Å². The number of hydrogen-bond donors (Lipinski definition) is 2. The van der Waals surface area contributed by atoms with Crippen LogP contribution in [0.2, 0.25) is 0 Å². The molecule has 1 aliphatic heterocycles. The maximum Gasteiger partial charge on any atom is 0.335 e. The minimum atomic E-state index is -1.05. The zero-order chi connectivity index (χ0) is 18.8. The summed E-state index contributed by atoms with van der Waals surface area (Å²) in [5.41, 5.74) is 3.65. The number of anilines is 1. The van der Waals surface area contributed by atoms with E-state index in [0.717, 1.165) is 33.5 Å². The first-order valence-electron chi connectivity index (χ1n) is 8.03. The van der Waals surface area contributed by atoms with Gasteiger partial charge in [0, 0.05) is 5.69 Å². The van der Waals surface area contributed by atoms with E-state index >= 15 is 0 Å². The number of aryl methyl sites for hydroxylation is 2. The molecular weight excluding hydrogens is 352 g/mol. The Balaban J connectivity index is 1.74. The van der Waals surface area contributed by atoms with Gasteiger partial charge in [0.2, 0.25) is 0 Å². The highest BCUT2D eigenvalue weighted by atomic mass is 32.2. The molecule has 0 aromatic heterocycles. The second kappa shape index (κ2) is 7.21. The number of carboxylic acids is 1. The zero-order valence-corrected chi connectivity index (χ0v) is 15.2. The van der Waals surface area contributed by atoms with E-state index in [9.17, 15) is 14.4 Å². The van der Waals surface area contributed by atoms with Crippen LogP contribution in [0.3, 0.4) is 0 Å². The number of imide groups is 1. The smallest absolute Gasteiger partial charge is 0.335 e. The summed E-state index contributed by atoms with van der Waals surface area (Å²) in [6, 6.07) is 12.1. The molecule has 2 N–H and O–H groups in total. The highest BCUT2D eigenvalue weighted by Gasteiger charge is 2.39. The molecule has 0 aliphatic carbocycles. The minimum absolute atomic E-state index is 0.0524. The average molecular weight is 370 g/mol. The van der Waals surface area contributed by atoms with Crippen molar-refractivity contribution in [1.82, 2.24) is 4.90 Å². The summed E-state index contributed by atoms with van der Waals surface area (Å²) in [6.07, 6.45) is 0. The first kappa shape index (κ1) is 18.0. The molecule has 7 heteroatoms. The number of benzene rings is 2. The van der Waals surface area contributed by atoms with Crippen molar-refractivity contribution >= 4 is 34.6 Å². The summed E-state index contributed by atoms with van der Waals surface area (Å²) < 4.78 is 0. The predicted octanol–water partition coefficient (Wildman–Crippen LogP) is 3.64. The molecule has 0 bridgehead atoms. The van der Waals surface area contributed by atoms with E-state index in [-0.39, 0.29) is 23.3 Å². The van der Waals surface area contributed by atoms with E-state index in [0.29, 0.717) is 5.56 Å². The number of hydrogen-bond acceptors (Lipinski definition) is 5. The Kier molecular flexibility index (Phi) is 4.99. The van der Waals surface area contributed by atoms with Crippen LogP contribution in [-0.2, 0) is 11.3 Å². The maximum atomic E-state index is 12.6. The van der Waals surface area contributed by atoms with Crippen LogP contribution in [-0.4, -0.2) is 32.5 Å². The number of thioether (sulfide) groups is 1. The van der Waals surface area contributed by atoms with Gasteiger partial charge in [-0.1, -0.05) is 29.8 Å². The van der Waals surface area contributed by atoms with Gasteiger partial charge in [-0.3, -0.25) is 14.5 Å². The van der Waals surface area contributed by atoms with E-state index < -0.39 is 11.3 Å². The van der Waals surface area contributed by atoms with Crippen LogP contribution < -0.4 is 5.32 Å². The third-order valence-corrected chi connectivity index (χ3v) is 5.09. The fourth-order valence-electron chi connectivity index (χ4n) is 2.78. The summed E-state index contributed by atoms with van der Waals surface area (Å²) in [5.74, 6) is -1.38. The lowest BCUT2D eigenvalue weighted by Gasteiger charge is -2.16. The van der Waals surface area contributed by atoms with Gasteiger partial charge in [-0.2, -0.15) is 0 Å². The van der Waals surface area contributed by atoms with E-state index in [4.69, 9.17) is 5.11 Å². The van der Waals surface area contributed by atoms with Crippen molar-refractivity contribution in [3.63, 3.8) is 0 Å². The minimum Gasteiger partial charge on any atom is -0.478 e. The van der Waals surface area contributed by atoms with Crippen LogP contribution in [0.1, 0.15) is 27.0 Å². The lowest BCUT2D eigenvalue weighted by atomic mass is 10.1. The fourth-order valence-corrected chi connectivity index (χ4v) is 3.68. The Morgan fingerprint density at radius 3 is 2.65 bits per heavy atom. The molecule has 0 saturated carbocycles. The van der Waals surface area contributed by atoms with Crippen molar-refractivity contribution in [3.8, 4) is 0 Å². The molecule has 2 aromatic carbocycles. The lowest BCUT2D eigenvalue weighted by molar-refractivity contribution is -0.126. The Morgan fingerprint density at radius 2 is 1.96 bits per heavy atom. The van der Waals surface area contributed by atoms with Crippen molar-refractivity contribution in [2.45, 2.75) is 25.8 Å². The summed E-state index contributed by atoms with van der Waals surface area (Å²) in [4.78, 5) is 37.1. The molecule has 2 aromatic rings. The van der Waals surface area contributed by atoms with Gasteiger partial charge >= 0.3 is 5.97 Å². The number of amides is 2. The first-order chi connectivity index (χ1) is 12.3. The SMILES string of the molecule is Cc1ccc(N[C@@H]2SC(=O)N(Cc3cccc(C(=O)O)c3)C2=O)c(C)c1. The van der Waals surface area contributed by atoms with Crippen LogP contribution >= 0.6 is 11.8 Å². The number of nitrogens with one attached hydrogen (secondary N) is 1. The number of carbonyl (C=O) groups excluding carboxylic acids is 2. The van der Waals surface area contributed by atoms with E-state index in [1.165, 1.54) is 12.1 Å². The van der Waals surface area contributed by atoms with Gasteiger partial charge < -0.3 is 10.4 Å². The Hall–Kier alpha value is -2.80. The second-order valence-electron chi connectivity index (χ2n) is 6.16. The molecule has 3 rings (SSSR count). The van der Waals surface area contributed by atoms with Crippen LogP contribution in [0, 0.1) is 13.8 Å². The topological polar surface area (TPSA) is 86.7 Å². The molecular formula is C19H18N2O4S. The van der Waals surface area contributed by atoms with Crippen molar-refractivity contribution in [2.24, 2.45) is 0 Å². The number of nitrogens with zero attached hydrogens (tertiary/aromatic N) is 1. The van der Waals surface area contributed by atoms with Crippen LogP contribution in [0.4, 0.5) is 10.5 Å². The van der Waals surface area contributed by atoms with Crippen molar-refractivity contribution in [3.05, 3.63) is 64.7 Å². The van der Waals surface area contributed by atoms with Gasteiger partial charge in [0.1, 0.15) is 0 Å². The molecule has 6 nitrogen and oxygen atoms in total. The molecule has 0 unspecified atom stereocenters. The van der Waals surface area contributed by atoms with E-state index in [1.54, 1.807) is 12.1 Å². The maximum absolute atomic E-state index is 12.6. The molecule has 1 fully saturated rings. The molecule has 1 atom stereocenters. The molecule has 134 valence electrons. The number of carboxylic acid groups (broad SMARTS) is 1. The third kappa shape index (κ3) is 3.72. The van der Waals surface area contributed by atoms with Crippen LogP contribution in [0.15, 0.2) is 42.5 Å². The molecule has 2 amide bonds. The Bertz CT molecular complexity index is 897. The summed E-state index contributed by atoms with van der Waals surface area (Å²) in [6.45, 7) is 3.98. The molecule has 26 heavy (non-hydrogen) atoms. The number of rotatable bonds is 5. The highest BCUT2D eigenvalue weighted by molar-refractivity contribution is 8.15. The van der Waals surface area contributed by atoms with Crippen molar-refractivity contribution < 1.29 is 19.5 Å². The highest BCUT2D eigenvalue weighted by Crippen LogP contribution is 2.30. The van der Waals surface area contributed by atoms with E-state index in [1.807, 2.05) is 32.0 Å². The number of carbonyl (C=O) groups is 3. The molecule has 1 heterocycles. The second-order valence-corrected chi connectivity index (χ2v) is 7.21. The van der Waals surface area contributed by atoms with Gasteiger partial charge in [-0.25, -0.2) is 4.79 Å². The van der Waals surface area contributed by atoms with Gasteiger partial charge in [0.25, 0.3) is 11.1 Å². The van der Waals surface area contributed by atoms with Crippen molar-refractivity contribution in [2.75, 3.05) is 5.32 Å². The van der Waals surface area contributed by atoms with Gasteiger partial charge in [-0.15, -0.1) is 0 Å². The largest absolute Gasteiger partial charge is 0.478 e. The quantitative estimate of drug-likeness (QED) is 0.836. The normalized spacial score (nSPS) is 16.8. The Morgan fingerprint density at radius 1 is 1.19 bits per heavy atom. The average Bonchev–Trinajstić information content (AvgIpc) is 2.85. The summed E-state index contributed by atoms with van der Waals surface area (Å²) in [5, 5.41) is 11.1. The molecule has 0 spiro atoms. The summed E-state index contributed by atoms with van der Waals surface area (Å²) in [7, 11) is 0. The van der Waals surface area contributed by atoms with Crippen LogP contribution in [0.5, 0.6) is 0 Å². The van der Waals surface area contributed by atoms with Gasteiger partial charge in [0.05, 0.1) is 12.1 Å². The third-order valence-electron chi connectivity index (χ3n) is 4.11.